The minimum absolute atomic E-state index is 0.0255. The lowest BCUT2D eigenvalue weighted by Gasteiger charge is -2.34. The lowest BCUT2D eigenvalue weighted by atomic mass is 10.1. The molecule has 35 heavy (non-hydrogen) atoms. The molecule has 0 radical (unpaired) electrons. The Bertz CT molecular complexity index is 1320. The fraction of sp³-hybridized carbons (Fsp3) is 0.250. The van der Waals surface area contributed by atoms with E-state index in [0.717, 1.165) is 11.3 Å². The molecule has 1 fully saturated rings. The summed E-state index contributed by atoms with van der Waals surface area (Å²) in [6.45, 7) is 3.66. The van der Waals surface area contributed by atoms with Crippen LogP contribution in [0.4, 0.5) is 11.6 Å². The van der Waals surface area contributed by atoms with Crippen LogP contribution in [0, 0.1) is 0 Å². The van der Waals surface area contributed by atoms with Crippen LogP contribution in [-0.4, -0.2) is 73.2 Å². The summed E-state index contributed by atoms with van der Waals surface area (Å²) in [5, 5.41) is 3.13. The number of hydrogen-bond donors (Lipinski definition) is 2. The Hall–Kier alpha value is -3.83. The predicted octanol–water partition coefficient (Wildman–Crippen LogP) is 2.10. The van der Waals surface area contributed by atoms with Gasteiger partial charge in [0.2, 0.25) is 21.9 Å². The van der Waals surface area contributed by atoms with Gasteiger partial charge in [0.25, 0.3) is 5.91 Å². The summed E-state index contributed by atoms with van der Waals surface area (Å²) in [7, 11) is -2.14. The molecule has 0 spiro atoms. The van der Waals surface area contributed by atoms with Crippen LogP contribution in [0.15, 0.2) is 65.7 Å². The fourth-order valence-corrected chi connectivity index (χ4v) is 4.46. The molecule has 182 valence electrons. The van der Waals surface area contributed by atoms with E-state index in [1.807, 2.05) is 0 Å². The highest BCUT2D eigenvalue weighted by atomic mass is 32.2. The number of hydrogen-bond acceptors (Lipinski definition) is 7. The Morgan fingerprint density at radius 1 is 0.886 bits per heavy atom. The third-order valence-electron chi connectivity index (χ3n) is 5.78. The molecule has 10 nitrogen and oxygen atoms in total. The molecule has 0 unspecified atom stereocenters. The average Bonchev–Trinajstić information content (AvgIpc) is 2.89. The van der Waals surface area contributed by atoms with Crippen LogP contribution in [0.3, 0.4) is 0 Å². The molecular weight excluding hydrogens is 468 g/mol. The highest BCUT2D eigenvalue weighted by Crippen LogP contribution is 2.22. The van der Waals surface area contributed by atoms with E-state index >= 15 is 0 Å². The van der Waals surface area contributed by atoms with E-state index in [1.165, 1.54) is 26.1 Å². The number of anilines is 2. The highest BCUT2D eigenvalue weighted by molar-refractivity contribution is 7.89. The number of carbonyl (C=O) groups is 2. The summed E-state index contributed by atoms with van der Waals surface area (Å²) in [5.74, 6) is 0.327. The van der Waals surface area contributed by atoms with Crippen molar-refractivity contribution in [3.63, 3.8) is 0 Å². The quantitative estimate of drug-likeness (QED) is 0.538. The van der Waals surface area contributed by atoms with E-state index in [9.17, 15) is 18.0 Å². The molecule has 1 aliphatic rings. The van der Waals surface area contributed by atoms with Crippen LogP contribution < -0.4 is 10.0 Å². The van der Waals surface area contributed by atoms with Crippen molar-refractivity contribution in [1.82, 2.24) is 24.5 Å². The summed E-state index contributed by atoms with van der Waals surface area (Å²) in [5.41, 5.74) is 2.66. The van der Waals surface area contributed by atoms with Gasteiger partial charge in [0, 0.05) is 56.1 Å². The van der Waals surface area contributed by atoms with E-state index in [4.69, 9.17) is 0 Å². The van der Waals surface area contributed by atoms with Crippen LogP contribution >= 0.6 is 0 Å². The molecule has 2 N–H and O–H groups in total. The van der Waals surface area contributed by atoms with Crippen molar-refractivity contribution in [3.05, 3.63) is 66.4 Å². The molecule has 2 aromatic carbocycles. The zero-order valence-electron chi connectivity index (χ0n) is 19.4. The van der Waals surface area contributed by atoms with Crippen molar-refractivity contribution in [1.29, 1.82) is 0 Å². The standard InChI is InChI=1S/C24H26N6O4S/c1-17(31)29-13-15-30(16-14-29)23(32)19-3-7-20(8-4-19)27-24-26-12-11-22(28-24)18-5-9-21(10-6-18)35(33,34)25-2/h3-12,25H,13-16H2,1-2H3,(H,26,27,28). The first-order valence-electron chi connectivity index (χ1n) is 11.1. The minimum Gasteiger partial charge on any atom is -0.339 e. The van der Waals surface area contributed by atoms with Crippen LogP contribution in [0.5, 0.6) is 0 Å². The summed E-state index contributed by atoms with van der Waals surface area (Å²) in [4.78, 5) is 36.7. The predicted molar refractivity (Wildman–Crippen MR) is 132 cm³/mol. The van der Waals surface area contributed by atoms with Crippen molar-refractivity contribution < 1.29 is 18.0 Å². The number of nitrogens with one attached hydrogen (secondary N) is 2. The van der Waals surface area contributed by atoms with Gasteiger partial charge in [-0.25, -0.2) is 23.1 Å². The Morgan fingerprint density at radius 2 is 1.51 bits per heavy atom. The third-order valence-corrected chi connectivity index (χ3v) is 7.22. The van der Waals surface area contributed by atoms with Crippen molar-refractivity contribution in [2.24, 2.45) is 0 Å². The summed E-state index contributed by atoms with van der Waals surface area (Å²) < 4.78 is 26.1. The third kappa shape index (κ3) is 5.64. The number of carbonyl (C=O) groups excluding carboxylic acids is 2. The number of nitrogens with zero attached hydrogens (tertiary/aromatic N) is 4. The molecule has 2 heterocycles. The smallest absolute Gasteiger partial charge is 0.253 e. The van der Waals surface area contributed by atoms with E-state index in [1.54, 1.807) is 58.5 Å². The summed E-state index contributed by atoms with van der Waals surface area (Å²) >= 11 is 0. The molecule has 0 bridgehead atoms. The molecule has 1 saturated heterocycles. The van der Waals surface area contributed by atoms with Crippen molar-refractivity contribution >= 4 is 33.5 Å². The molecule has 0 atom stereocenters. The molecule has 0 aliphatic carbocycles. The zero-order chi connectivity index (χ0) is 25.0. The second-order valence-corrected chi connectivity index (χ2v) is 9.88. The van der Waals surface area contributed by atoms with Gasteiger partial charge < -0.3 is 15.1 Å². The average molecular weight is 495 g/mol. The maximum absolute atomic E-state index is 12.8. The van der Waals surface area contributed by atoms with E-state index in [0.29, 0.717) is 43.4 Å². The van der Waals surface area contributed by atoms with Gasteiger partial charge in [-0.3, -0.25) is 9.59 Å². The monoisotopic (exact) mass is 494 g/mol. The minimum atomic E-state index is -3.51. The summed E-state index contributed by atoms with van der Waals surface area (Å²) in [6, 6.07) is 15.2. The topological polar surface area (TPSA) is 125 Å². The lowest BCUT2D eigenvalue weighted by molar-refractivity contribution is -0.130. The Morgan fingerprint density at radius 3 is 2.11 bits per heavy atom. The first kappa shape index (κ1) is 24.3. The maximum atomic E-state index is 12.8. The van der Waals surface area contributed by atoms with Gasteiger partial charge in [-0.05, 0) is 49.5 Å². The van der Waals surface area contributed by atoms with Crippen LogP contribution in [0.1, 0.15) is 17.3 Å². The molecule has 1 aromatic heterocycles. The molecule has 0 saturated carbocycles. The number of benzene rings is 2. The van der Waals surface area contributed by atoms with Crippen molar-refractivity contribution in [3.8, 4) is 11.3 Å². The highest BCUT2D eigenvalue weighted by Gasteiger charge is 2.23. The second-order valence-electron chi connectivity index (χ2n) is 8.00. The zero-order valence-corrected chi connectivity index (χ0v) is 20.2. The molecule has 2 amide bonds. The molecule has 3 aromatic rings. The van der Waals surface area contributed by atoms with Gasteiger partial charge in [-0.1, -0.05) is 12.1 Å². The Kier molecular flexibility index (Phi) is 7.08. The second kappa shape index (κ2) is 10.2. The first-order valence-corrected chi connectivity index (χ1v) is 12.5. The van der Waals surface area contributed by atoms with Crippen molar-refractivity contribution in [2.45, 2.75) is 11.8 Å². The fourth-order valence-electron chi connectivity index (χ4n) is 3.73. The normalized spacial score (nSPS) is 14.0. The van der Waals surface area contributed by atoms with Gasteiger partial charge in [0.15, 0.2) is 0 Å². The van der Waals surface area contributed by atoms with Crippen LogP contribution in [-0.2, 0) is 14.8 Å². The molecule has 1 aliphatic heterocycles. The van der Waals surface area contributed by atoms with Gasteiger partial charge >= 0.3 is 0 Å². The van der Waals surface area contributed by atoms with Gasteiger partial charge in [-0.2, -0.15) is 0 Å². The SMILES string of the molecule is CNS(=O)(=O)c1ccc(-c2ccnc(Nc3ccc(C(=O)N4CCN(C(C)=O)CC4)cc3)n2)cc1. The number of piperazine rings is 1. The van der Waals surface area contributed by atoms with Crippen LogP contribution in [0.25, 0.3) is 11.3 Å². The number of sulfonamides is 1. The Labute approximate surface area is 204 Å². The number of aromatic nitrogens is 2. The number of amides is 2. The molecular formula is C24H26N6O4S. The summed E-state index contributed by atoms with van der Waals surface area (Å²) in [6.07, 6.45) is 1.61. The lowest BCUT2D eigenvalue weighted by Crippen LogP contribution is -2.50. The maximum Gasteiger partial charge on any atom is 0.253 e. The van der Waals surface area contributed by atoms with Gasteiger partial charge in [-0.15, -0.1) is 0 Å². The van der Waals surface area contributed by atoms with Crippen LogP contribution in [0.2, 0.25) is 0 Å². The van der Waals surface area contributed by atoms with E-state index in [-0.39, 0.29) is 16.7 Å². The molecule has 4 rings (SSSR count). The van der Waals surface area contributed by atoms with E-state index < -0.39 is 10.0 Å². The van der Waals surface area contributed by atoms with Gasteiger partial charge in [0.1, 0.15) is 0 Å². The van der Waals surface area contributed by atoms with Crippen molar-refractivity contribution in [2.75, 3.05) is 38.5 Å². The number of rotatable bonds is 6. The largest absolute Gasteiger partial charge is 0.339 e. The Balaban J connectivity index is 1.42. The van der Waals surface area contributed by atoms with E-state index in [2.05, 4.69) is 20.0 Å². The van der Waals surface area contributed by atoms with Gasteiger partial charge in [0.05, 0.1) is 10.6 Å². The molecule has 11 heteroatoms. The first-order chi connectivity index (χ1) is 16.8.